The second-order valence-electron chi connectivity index (χ2n) is 4.97. The minimum Gasteiger partial charge on any atom is -0.467 e. The van der Waals surface area contributed by atoms with E-state index in [1.54, 1.807) is 19.3 Å². The van der Waals surface area contributed by atoms with Gasteiger partial charge >= 0.3 is 5.97 Å². The molecule has 0 radical (unpaired) electrons. The molecule has 0 aliphatic heterocycles. The second kappa shape index (κ2) is 5.57. The van der Waals surface area contributed by atoms with Crippen molar-refractivity contribution in [2.45, 2.75) is 39.3 Å². The van der Waals surface area contributed by atoms with Crippen LogP contribution in [0.4, 0.5) is 0 Å². The van der Waals surface area contributed by atoms with Crippen molar-refractivity contribution in [1.29, 1.82) is 0 Å². The van der Waals surface area contributed by atoms with E-state index in [9.17, 15) is 4.79 Å². The Kier molecular flexibility index (Phi) is 4.07. The van der Waals surface area contributed by atoms with Crippen molar-refractivity contribution in [2.24, 2.45) is 5.92 Å². The van der Waals surface area contributed by atoms with E-state index in [1.807, 2.05) is 0 Å². The lowest BCUT2D eigenvalue weighted by atomic mass is 10.1. The molecule has 1 aromatic heterocycles. The lowest BCUT2D eigenvalue weighted by molar-refractivity contribution is 0.0521. The molecule has 0 amide bonds. The summed E-state index contributed by atoms with van der Waals surface area (Å²) in [7, 11) is 2.07. The van der Waals surface area contributed by atoms with Crippen LogP contribution >= 0.6 is 0 Å². The summed E-state index contributed by atoms with van der Waals surface area (Å²) in [5.74, 6) is 1.20. The Balaban J connectivity index is 2.00. The van der Waals surface area contributed by atoms with Gasteiger partial charge in [0.25, 0.3) is 0 Å². The zero-order valence-electron chi connectivity index (χ0n) is 11.3. The molecule has 1 aliphatic rings. The number of hydrogen-bond donors (Lipinski definition) is 0. The number of ether oxygens (including phenoxy) is 1. The standard InChI is InChI=1S/C14H21NO3/c1-4-17-14(16)12-7-8-18-13(12)9-15(3)10(2)11-5-6-11/h7-8,10-11H,4-6,9H2,1-3H3. The molecule has 1 aliphatic carbocycles. The van der Waals surface area contributed by atoms with Crippen LogP contribution in [0.1, 0.15) is 42.8 Å². The largest absolute Gasteiger partial charge is 0.467 e. The molecule has 0 saturated heterocycles. The lowest BCUT2D eigenvalue weighted by Crippen LogP contribution is -2.30. The average molecular weight is 251 g/mol. The van der Waals surface area contributed by atoms with Crippen LogP contribution in [0.2, 0.25) is 0 Å². The number of hydrogen-bond acceptors (Lipinski definition) is 4. The van der Waals surface area contributed by atoms with E-state index in [2.05, 4.69) is 18.9 Å². The summed E-state index contributed by atoms with van der Waals surface area (Å²) >= 11 is 0. The van der Waals surface area contributed by atoms with Gasteiger partial charge in [0.2, 0.25) is 0 Å². The van der Waals surface area contributed by atoms with Gasteiger partial charge in [0.15, 0.2) is 0 Å². The van der Waals surface area contributed by atoms with Crippen LogP contribution in [0.5, 0.6) is 0 Å². The van der Waals surface area contributed by atoms with Crippen LogP contribution in [-0.2, 0) is 11.3 Å². The molecule has 0 N–H and O–H groups in total. The smallest absolute Gasteiger partial charge is 0.341 e. The predicted octanol–water partition coefficient (Wildman–Crippen LogP) is 2.69. The van der Waals surface area contributed by atoms with Gasteiger partial charge in [0.1, 0.15) is 11.3 Å². The van der Waals surface area contributed by atoms with E-state index >= 15 is 0 Å². The molecule has 0 bridgehead atoms. The van der Waals surface area contributed by atoms with Crippen LogP contribution in [-0.4, -0.2) is 30.6 Å². The Bertz CT molecular complexity index is 409. The molecule has 0 spiro atoms. The monoisotopic (exact) mass is 251 g/mol. The van der Waals surface area contributed by atoms with Crippen LogP contribution < -0.4 is 0 Å². The number of carbonyl (C=O) groups excluding carboxylic acids is 1. The third-order valence-electron chi connectivity index (χ3n) is 3.63. The minimum atomic E-state index is -0.297. The molecule has 4 heteroatoms. The highest BCUT2D eigenvalue weighted by molar-refractivity contribution is 5.90. The summed E-state index contributed by atoms with van der Waals surface area (Å²) in [5.41, 5.74) is 0.548. The number of nitrogens with zero attached hydrogens (tertiary/aromatic N) is 1. The molecule has 1 saturated carbocycles. The van der Waals surface area contributed by atoms with E-state index in [0.29, 0.717) is 30.5 Å². The van der Waals surface area contributed by atoms with Gasteiger partial charge in [-0.2, -0.15) is 0 Å². The first-order valence-electron chi connectivity index (χ1n) is 6.57. The SMILES string of the molecule is CCOC(=O)c1ccoc1CN(C)C(C)C1CC1. The highest BCUT2D eigenvalue weighted by Crippen LogP contribution is 2.35. The molecule has 2 rings (SSSR count). The van der Waals surface area contributed by atoms with E-state index in [-0.39, 0.29) is 5.97 Å². The maximum Gasteiger partial charge on any atom is 0.341 e. The Labute approximate surface area is 108 Å². The summed E-state index contributed by atoms with van der Waals surface area (Å²) in [4.78, 5) is 14.0. The number of rotatable bonds is 6. The first-order valence-corrected chi connectivity index (χ1v) is 6.57. The van der Waals surface area contributed by atoms with Gasteiger partial charge in [0, 0.05) is 6.04 Å². The van der Waals surface area contributed by atoms with Crippen molar-refractivity contribution in [3.63, 3.8) is 0 Å². The predicted molar refractivity (Wildman–Crippen MR) is 68.3 cm³/mol. The lowest BCUT2D eigenvalue weighted by Gasteiger charge is -2.23. The highest BCUT2D eigenvalue weighted by Gasteiger charge is 2.31. The molecule has 0 aromatic carbocycles. The summed E-state index contributed by atoms with van der Waals surface area (Å²) < 4.78 is 10.4. The van der Waals surface area contributed by atoms with E-state index < -0.39 is 0 Å². The van der Waals surface area contributed by atoms with Crippen LogP contribution in [0.15, 0.2) is 16.7 Å². The van der Waals surface area contributed by atoms with Gasteiger partial charge in [-0.3, -0.25) is 4.90 Å². The summed E-state index contributed by atoms with van der Waals surface area (Å²) in [6.07, 6.45) is 4.18. The molecule has 18 heavy (non-hydrogen) atoms. The van der Waals surface area contributed by atoms with Gasteiger partial charge < -0.3 is 9.15 Å². The molecule has 1 heterocycles. The Hall–Kier alpha value is -1.29. The van der Waals surface area contributed by atoms with Gasteiger partial charge in [-0.15, -0.1) is 0 Å². The van der Waals surface area contributed by atoms with Crippen molar-refractivity contribution < 1.29 is 13.9 Å². The minimum absolute atomic E-state index is 0.297. The fourth-order valence-electron chi connectivity index (χ4n) is 2.16. The second-order valence-corrected chi connectivity index (χ2v) is 4.97. The summed E-state index contributed by atoms with van der Waals surface area (Å²) in [5, 5.41) is 0. The Morgan fingerprint density at radius 1 is 1.61 bits per heavy atom. The van der Waals surface area contributed by atoms with Crippen LogP contribution in [0, 0.1) is 5.92 Å². The number of furan rings is 1. The first kappa shape index (κ1) is 13.1. The third-order valence-corrected chi connectivity index (χ3v) is 3.63. The topological polar surface area (TPSA) is 42.7 Å². The normalized spacial score (nSPS) is 16.9. The maximum absolute atomic E-state index is 11.7. The van der Waals surface area contributed by atoms with Crippen molar-refractivity contribution in [3.8, 4) is 0 Å². The Morgan fingerprint density at radius 2 is 2.33 bits per heavy atom. The summed E-state index contributed by atoms with van der Waals surface area (Å²) in [6, 6.07) is 2.22. The van der Waals surface area contributed by atoms with Crippen molar-refractivity contribution in [1.82, 2.24) is 4.90 Å². The maximum atomic E-state index is 11.7. The van der Waals surface area contributed by atoms with Crippen molar-refractivity contribution in [3.05, 3.63) is 23.7 Å². The average Bonchev–Trinajstić information content (AvgIpc) is 3.09. The molecule has 1 fully saturated rings. The molecule has 1 unspecified atom stereocenters. The molecular weight excluding hydrogens is 230 g/mol. The number of esters is 1. The fourth-order valence-corrected chi connectivity index (χ4v) is 2.16. The molecule has 100 valence electrons. The zero-order valence-corrected chi connectivity index (χ0v) is 11.3. The van der Waals surface area contributed by atoms with Gasteiger partial charge in [0.05, 0.1) is 19.4 Å². The van der Waals surface area contributed by atoms with E-state index in [0.717, 1.165) is 5.92 Å². The van der Waals surface area contributed by atoms with Crippen molar-refractivity contribution in [2.75, 3.05) is 13.7 Å². The molecule has 4 nitrogen and oxygen atoms in total. The van der Waals surface area contributed by atoms with Crippen LogP contribution in [0.3, 0.4) is 0 Å². The van der Waals surface area contributed by atoms with E-state index in [1.165, 1.54) is 12.8 Å². The third kappa shape index (κ3) is 2.93. The zero-order chi connectivity index (χ0) is 13.1. The first-order chi connectivity index (χ1) is 8.63. The highest BCUT2D eigenvalue weighted by atomic mass is 16.5. The Morgan fingerprint density at radius 3 is 2.94 bits per heavy atom. The van der Waals surface area contributed by atoms with Gasteiger partial charge in [-0.1, -0.05) is 0 Å². The molecular formula is C14H21NO3. The fraction of sp³-hybridized carbons (Fsp3) is 0.643. The van der Waals surface area contributed by atoms with E-state index in [4.69, 9.17) is 9.15 Å². The molecule has 1 atom stereocenters. The quantitative estimate of drug-likeness (QED) is 0.729. The van der Waals surface area contributed by atoms with Crippen molar-refractivity contribution >= 4 is 5.97 Å². The number of carbonyl (C=O) groups is 1. The molecule has 1 aromatic rings. The van der Waals surface area contributed by atoms with Crippen LogP contribution in [0.25, 0.3) is 0 Å². The van der Waals surface area contributed by atoms with Gasteiger partial charge in [-0.05, 0) is 45.7 Å². The summed E-state index contributed by atoms with van der Waals surface area (Å²) in [6.45, 7) is 5.07. The van der Waals surface area contributed by atoms with Gasteiger partial charge in [-0.25, -0.2) is 4.79 Å².